The van der Waals surface area contributed by atoms with Gasteiger partial charge in [-0.3, -0.25) is 72.3 Å². The highest BCUT2D eigenvalue weighted by Gasteiger charge is 2.54. The van der Waals surface area contributed by atoms with Crippen LogP contribution in [0.15, 0.2) is 66.7 Å². The van der Waals surface area contributed by atoms with Gasteiger partial charge >= 0.3 is 47.8 Å². The van der Waals surface area contributed by atoms with E-state index in [-0.39, 0.29) is 147 Å². The third-order valence-corrected chi connectivity index (χ3v) is 25.9. The number of unbranched alkanes of at least 4 members (excludes halogenated alkanes) is 1. The Morgan fingerprint density at radius 1 is 0.527 bits per heavy atom. The number of fused-ring (bicyclic) bond motifs is 1. The van der Waals surface area contributed by atoms with Crippen LogP contribution in [0, 0.1) is 11.8 Å². The summed E-state index contributed by atoms with van der Waals surface area (Å²) < 4.78 is 5.70. The molecule has 1 aliphatic heterocycles. The van der Waals surface area contributed by atoms with Crippen LogP contribution < -0.4 is 47.7 Å². The zero-order chi connectivity index (χ0) is 83.1. The summed E-state index contributed by atoms with van der Waals surface area (Å²) in [6, 6.07) is 13.5. The molecular weight excluding hydrogens is 1480 g/mol. The first kappa shape index (κ1) is 92.9. The lowest BCUT2D eigenvalue weighted by Crippen LogP contribution is -2.61. The first-order chi connectivity index (χ1) is 52.7. The van der Waals surface area contributed by atoms with E-state index in [9.17, 15) is 103 Å². The van der Waals surface area contributed by atoms with Gasteiger partial charge in [0.15, 0.2) is 0 Å². The van der Waals surface area contributed by atoms with Crippen LogP contribution in [0.2, 0.25) is 10.1 Å². The number of aliphatic carboxylic acids is 7. The molecule has 0 aromatic heterocycles. The number of hydrogen-bond donors (Lipinski definition) is 16. The maximum atomic E-state index is 14.0. The van der Waals surface area contributed by atoms with Crippen molar-refractivity contribution in [3.05, 3.63) is 77.9 Å². The van der Waals surface area contributed by atoms with E-state index in [1.54, 1.807) is 29.2 Å². The van der Waals surface area contributed by atoms with Crippen molar-refractivity contribution < 1.29 is 112 Å². The Kier molecular flexibility index (Phi) is 36.9. The van der Waals surface area contributed by atoms with E-state index in [2.05, 4.69) is 42.5 Å². The quantitative estimate of drug-likeness (QED) is 0.0282. The maximum absolute atomic E-state index is 14.0. The fourth-order valence-corrected chi connectivity index (χ4v) is 18.7. The molecule has 620 valence electrons. The van der Waals surface area contributed by atoms with Gasteiger partial charge in [-0.05, 0) is 114 Å². The number of carboxylic acids is 7. The highest BCUT2D eigenvalue weighted by molar-refractivity contribution is 6.90. The first-order valence-electron chi connectivity index (χ1n) is 37.8. The van der Waals surface area contributed by atoms with E-state index < -0.39 is 164 Å². The van der Waals surface area contributed by atoms with Gasteiger partial charge < -0.3 is 87.8 Å². The number of amides is 8. The van der Waals surface area contributed by atoms with Crippen molar-refractivity contribution in [1.29, 1.82) is 0 Å². The minimum Gasteiger partial charge on any atom is -0.481 e. The topological polar surface area (TPSA) is 519 Å². The Labute approximate surface area is 652 Å². The Morgan fingerprint density at radius 2 is 1.08 bits per heavy atom. The van der Waals surface area contributed by atoms with Crippen LogP contribution in [0.25, 0.3) is 10.8 Å². The summed E-state index contributed by atoms with van der Waals surface area (Å²) in [5.41, 5.74) is -1.03. The van der Waals surface area contributed by atoms with Crippen molar-refractivity contribution in [2.24, 2.45) is 11.8 Å². The second-order valence-corrected chi connectivity index (χ2v) is 36.0. The van der Waals surface area contributed by atoms with E-state index in [0.29, 0.717) is 37.4 Å². The number of benzene rings is 3. The summed E-state index contributed by atoms with van der Waals surface area (Å²) >= 11 is 0. The lowest BCUT2D eigenvalue weighted by atomic mass is 9.81. The Bertz CT molecular complexity index is 3690. The molecule has 2 fully saturated rings. The number of nitrogens with zero attached hydrogens (tertiary/aromatic N) is 4. The molecule has 16 N–H and O–H groups in total. The molecular formula is C76H114N12O23Si. The number of carboxylic acid groups (broad SMARTS) is 7. The number of hydrogen-bond acceptors (Lipinski definition) is 20. The average molecular weight is 1590 g/mol. The number of ether oxygens (including phenoxy) is 1. The fourth-order valence-electron chi connectivity index (χ4n) is 14.1. The van der Waals surface area contributed by atoms with Gasteiger partial charge in [0.2, 0.25) is 37.9 Å². The molecule has 1 saturated carbocycles. The Balaban J connectivity index is 1.15. The van der Waals surface area contributed by atoms with Crippen molar-refractivity contribution in [3.63, 3.8) is 0 Å². The van der Waals surface area contributed by atoms with Gasteiger partial charge in [-0.1, -0.05) is 96.1 Å². The number of carbonyl (C=O) groups excluding carboxylic acids is 7. The first-order valence-corrected chi connectivity index (χ1v) is 39.8. The third-order valence-electron chi connectivity index (χ3n) is 20.4. The smallest absolute Gasteiger partial charge is 0.329 e. The van der Waals surface area contributed by atoms with Crippen molar-refractivity contribution >= 4 is 108 Å². The molecule has 8 amide bonds. The summed E-state index contributed by atoms with van der Waals surface area (Å²) in [5.74, 6) is -12.8. The highest BCUT2D eigenvalue weighted by Crippen LogP contribution is 2.48. The normalized spacial score (nSPS) is 17.5. The van der Waals surface area contributed by atoms with Crippen molar-refractivity contribution in [1.82, 2.24) is 62.1 Å². The van der Waals surface area contributed by atoms with Crippen LogP contribution in [-0.2, 0) is 68.7 Å². The molecule has 3 aromatic carbocycles. The number of carbonyl (C=O) groups is 14. The zero-order valence-corrected chi connectivity index (χ0v) is 66.0. The van der Waals surface area contributed by atoms with Crippen LogP contribution in [0.3, 0.4) is 0 Å². The van der Waals surface area contributed by atoms with E-state index in [0.717, 1.165) is 23.3 Å². The van der Waals surface area contributed by atoms with Gasteiger partial charge in [0.1, 0.15) is 29.7 Å². The SMILES string of the molecule is CC(C)(C)[Si](O)(c1ccc(C(=O)NC[C@@H](NC(=O)CC[C@@H](C(=O)O)N2CCN(CC(=O)O)CCN(CC(=O)O)CCN(CC(=O)O)CC2)C(=O)NCCOCCC(=O)NC[C@H]2CC[C@H](C(=O)N[C@@H](Cc3ccc4ccccc4c3)C(=O)NCCCCC(NC(=O)N[C@](C)(CCC(=O)O)C(=O)O)C(=O)O)CC2)cc1)C(C)(C)C. The molecule has 112 heavy (non-hydrogen) atoms. The third kappa shape index (κ3) is 30.8. The Hall–Kier alpha value is -9.72. The molecule has 1 unspecified atom stereocenters. The molecule has 3 aromatic rings. The largest absolute Gasteiger partial charge is 0.481 e. The number of nitrogens with one attached hydrogen (secondary N) is 8. The average Bonchev–Trinajstić information content (AvgIpc) is 0.746. The van der Waals surface area contributed by atoms with E-state index in [1.165, 1.54) is 14.7 Å². The Morgan fingerprint density at radius 3 is 1.62 bits per heavy atom. The monoisotopic (exact) mass is 1590 g/mol. The second-order valence-electron chi connectivity index (χ2n) is 31.0. The molecule has 5 rings (SSSR count). The standard InChI is InChI=1S/C76H114N12O23Si/c1-74(2,3)112(110,75(4,5)6)55-23-21-52(22-24-55)66(99)80-45-58(81-61(90)26-25-59(71(105)106)88-38-36-86(47-64(95)96)34-32-85(46-63(93)94)33-35-87(37-39-88)48-65(97)98)69(102)78-31-41-111-40-28-60(89)79-44-49-15-19-53(20-16-49)67(100)82-57(43-50-17-18-51-12-8-9-13-54(51)42-50)68(101)77-30-11-10-14-56(70(103)104)83-73(109)84-76(7,72(107)108)29-27-62(91)92/h8-9,12-13,17-18,21-24,42,49,53,56-59,110H,10-11,14-16,19-20,25-41,43-48H2,1-7H3,(H,77,101)(H,78,102)(H,79,89)(H,80,99)(H,81,90)(H,82,100)(H,91,92)(H,93,94)(H,95,96)(H,97,98)(H,103,104)(H,105,106)(H,107,108)(H2,83,84,109)/t49-,53-,56?,57-,58+,59-,76+/m0/s1. The van der Waals surface area contributed by atoms with Gasteiger partial charge in [0.05, 0.1) is 32.8 Å². The molecule has 5 atom stereocenters. The number of rotatable bonds is 42. The van der Waals surface area contributed by atoms with Gasteiger partial charge in [-0.2, -0.15) is 0 Å². The molecule has 2 aliphatic rings. The minimum atomic E-state index is -3.22. The molecule has 1 aliphatic carbocycles. The number of urea groups is 1. The van der Waals surface area contributed by atoms with Gasteiger partial charge in [0, 0.05) is 116 Å². The van der Waals surface area contributed by atoms with Gasteiger partial charge in [-0.15, -0.1) is 0 Å². The van der Waals surface area contributed by atoms with E-state index >= 15 is 0 Å². The van der Waals surface area contributed by atoms with Crippen LogP contribution in [-0.4, -0.2) is 293 Å². The lowest BCUT2D eigenvalue weighted by Gasteiger charge is -2.47. The van der Waals surface area contributed by atoms with E-state index in [4.69, 9.17) is 9.84 Å². The van der Waals surface area contributed by atoms with E-state index in [1.807, 2.05) is 84.0 Å². The molecule has 0 radical (unpaired) electrons. The van der Waals surface area contributed by atoms with Gasteiger partial charge in [0.25, 0.3) is 5.91 Å². The lowest BCUT2D eigenvalue weighted by molar-refractivity contribution is -0.146. The van der Waals surface area contributed by atoms with Crippen molar-refractivity contribution in [2.75, 3.05) is 111 Å². The summed E-state index contributed by atoms with van der Waals surface area (Å²) in [5, 5.41) is 90.8. The van der Waals surface area contributed by atoms with Crippen LogP contribution in [0.1, 0.15) is 141 Å². The van der Waals surface area contributed by atoms with Crippen LogP contribution in [0.5, 0.6) is 0 Å². The van der Waals surface area contributed by atoms with Gasteiger partial charge in [-0.25, -0.2) is 14.4 Å². The predicted molar refractivity (Wildman–Crippen MR) is 412 cm³/mol. The molecule has 0 spiro atoms. The fraction of sp³-hybridized carbons (Fsp3) is 0.605. The maximum Gasteiger partial charge on any atom is 0.329 e. The summed E-state index contributed by atoms with van der Waals surface area (Å²) in [7, 11) is -3.22. The van der Waals surface area contributed by atoms with Crippen LogP contribution >= 0.6 is 0 Å². The minimum absolute atomic E-state index is 0.00567. The summed E-state index contributed by atoms with van der Waals surface area (Å²) in [4.78, 5) is 197. The summed E-state index contributed by atoms with van der Waals surface area (Å²) in [6.07, 6.45) is 0.708. The zero-order valence-electron chi connectivity index (χ0n) is 65.0. The molecule has 35 nitrogen and oxygen atoms in total. The van der Waals surface area contributed by atoms with Crippen molar-refractivity contribution in [2.45, 2.75) is 172 Å². The molecule has 36 heteroatoms. The van der Waals surface area contributed by atoms with Crippen molar-refractivity contribution in [3.8, 4) is 0 Å². The molecule has 1 heterocycles. The summed E-state index contributed by atoms with van der Waals surface area (Å²) in [6.45, 7) is 11.6. The highest BCUT2D eigenvalue weighted by atomic mass is 28.4. The molecule has 1 saturated heterocycles. The van der Waals surface area contributed by atoms with Crippen LogP contribution in [0.4, 0.5) is 4.79 Å². The second kappa shape index (κ2) is 44.5. The predicted octanol–water partition coefficient (Wildman–Crippen LogP) is 1.43. The molecule has 0 bridgehead atoms.